The lowest BCUT2D eigenvalue weighted by molar-refractivity contribution is 0.192. The minimum Gasteiger partial charge on any atom is -0.392 e. The Morgan fingerprint density at radius 3 is 2.33 bits per heavy atom. The molecule has 0 atom stereocenters. The molecule has 0 radical (unpaired) electrons. The first-order valence-corrected chi connectivity index (χ1v) is 6.96. The van der Waals surface area contributed by atoms with Gasteiger partial charge in [-0.2, -0.15) is 0 Å². The molecule has 18 heavy (non-hydrogen) atoms. The monoisotopic (exact) mass is 248 g/mol. The second-order valence-corrected chi connectivity index (χ2v) is 5.08. The molecule has 1 saturated heterocycles. The van der Waals surface area contributed by atoms with Gasteiger partial charge in [-0.1, -0.05) is 31.2 Å². The number of piperidine rings is 1. The van der Waals surface area contributed by atoms with Gasteiger partial charge >= 0.3 is 0 Å². The van der Waals surface area contributed by atoms with Crippen molar-refractivity contribution in [1.29, 1.82) is 0 Å². The number of benzene rings is 1. The Morgan fingerprint density at radius 1 is 1.17 bits per heavy atom. The zero-order valence-corrected chi connectivity index (χ0v) is 11.2. The molecule has 3 nitrogen and oxygen atoms in total. The van der Waals surface area contributed by atoms with E-state index in [-0.39, 0.29) is 6.61 Å². The SMILES string of the molecule is CCNC1CCN(Cc2ccc(CO)cc2)CC1. The molecule has 0 aliphatic carbocycles. The average molecular weight is 248 g/mol. The Kier molecular flexibility index (Phi) is 5.17. The molecule has 1 aromatic rings. The fourth-order valence-corrected chi connectivity index (χ4v) is 2.59. The number of rotatable bonds is 5. The number of nitrogens with one attached hydrogen (secondary N) is 1. The van der Waals surface area contributed by atoms with Crippen molar-refractivity contribution in [1.82, 2.24) is 10.2 Å². The average Bonchev–Trinajstić information content (AvgIpc) is 2.42. The van der Waals surface area contributed by atoms with E-state index in [1.165, 1.54) is 31.5 Å². The van der Waals surface area contributed by atoms with Crippen LogP contribution in [-0.4, -0.2) is 35.7 Å². The van der Waals surface area contributed by atoms with Crippen LogP contribution in [0.3, 0.4) is 0 Å². The topological polar surface area (TPSA) is 35.5 Å². The van der Waals surface area contributed by atoms with Crippen molar-refractivity contribution in [3.8, 4) is 0 Å². The van der Waals surface area contributed by atoms with E-state index >= 15 is 0 Å². The van der Waals surface area contributed by atoms with Crippen LogP contribution in [0.5, 0.6) is 0 Å². The normalized spacial score (nSPS) is 18.1. The quantitative estimate of drug-likeness (QED) is 0.833. The highest BCUT2D eigenvalue weighted by Crippen LogP contribution is 2.14. The van der Waals surface area contributed by atoms with Gasteiger partial charge in [-0.25, -0.2) is 0 Å². The van der Waals surface area contributed by atoms with E-state index in [2.05, 4.69) is 29.3 Å². The zero-order chi connectivity index (χ0) is 12.8. The van der Waals surface area contributed by atoms with E-state index < -0.39 is 0 Å². The maximum Gasteiger partial charge on any atom is 0.0681 e. The summed E-state index contributed by atoms with van der Waals surface area (Å²) in [7, 11) is 0. The number of nitrogens with zero attached hydrogens (tertiary/aromatic N) is 1. The van der Waals surface area contributed by atoms with Gasteiger partial charge in [-0.3, -0.25) is 4.90 Å². The zero-order valence-electron chi connectivity index (χ0n) is 11.2. The maximum atomic E-state index is 9.01. The summed E-state index contributed by atoms with van der Waals surface area (Å²) in [4.78, 5) is 2.52. The summed E-state index contributed by atoms with van der Waals surface area (Å²) in [5, 5.41) is 12.5. The minimum absolute atomic E-state index is 0.133. The molecule has 2 rings (SSSR count). The first kappa shape index (κ1) is 13.5. The Labute approximate surface area is 110 Å². The fraction of sp³-hybridized carbons (Fsp3) is 0.600. The van der Waals surface area contributed by atoms with Gasteiger partial charge in [0.15, 0.2) is 0 Å². The Balaban J connectivity index is 1.80. The predicted octanol–water partition coefficient (Wildman–Crippen LogP) is 1.75. The molecule has 3 heteroatoms. The van der Waals surface area contributed by atoms with Gasteiger partial charge in [0.2, 0.25) is 0 Å². The number of likely N-dealkylation sites (tertiary alicyclic amines) is 1. The van der Waals surface area contributed by atoms with E-state index in [1.807, 2.05) is 12.1 Å². The van der Waals surface area contributed by atoms with Gasteiger partial charge in [-0.15, -0.1) is 0 Å². The van der Waals surface area contributed by atoms with Crippen LogP contribution in [0.15, 0.2) is 24.3 Å². The van der Waals surface area contributed by atoms with E-state index in [9.17, 15) is 0 Å². The molecule has 1 aliphatic heterocycles. The second kappa shape index (κ2) is 6.88. The molecule has 100 valence electrons. The molecule has 1 fully saturated rings. The van der Waals surface area contributed by atoms with Crippen LogP contribution in [0.25, 0.3) is 0 Å². The third-order valence-corrected chi connectivity index (χ3v) is 3.69. The van der Waals surface area contributed by atoms with Crippen LogP contribution in [-0.2, 0) is 13.2 Å². The van der Waals surface area contributed by atoms with Crippen LogP contribution in [0.2, 0.25) is 0 Å². The van der Waals surface area contributed by atoms with Gasteiger partial charge in [-0.05, 0) is 43.6 Å². The number of aliphatic hydroxyl groups is 1. The summed E-state index contributed by atoms with van der Waals surface area (Å²) < 4.78 is 0. The lowest BCUT2D eigenvalue weighted by atomic mass is 10.0. The first-order valence-electron chi connectivity index (χ1n) is 6.96. The molecule has 1 heterocycles. The van der Waals surface area contributed by atoms with Crippen molar-refractivity contribution in [2.45, 2.75) is 39.0 Å². The molecule has 0 aromatic heterocycles. The Morgan fingerprint density at radius 2 is 1.78 bits per heavy atom. The number of hydrogen-bond acceptors (Lipinski definition) is 3. The van der Waals surface area contributed by atoms with Gasteiger partial charge in [0.05, 0.1) is 6.61 Å². The van der Waals surface area contributed by atoms with Crippen molar-refractivity contribution in [3.05, 3.63) is 35.4 Å². The van der Waals surface area contributed by atoms with Crippen molar-refractivity contribution in [3.63, 3.8) is 0 Å². The van der Waals surface area contributed by atoms with Crippen LogP contribution < -0.4 is 5.32 Å². The lowest BCUT2D eigenvalue weighted by Crippen LogP contribution is -2.42. The van der Waals surface area contributed by atoms with Crippen LogP contribution in [0.1, 0.15) is 30.9 Å². The summed E-state index contributed by atoms with van der Waals surface area (Å²) >= 11 is 0. The Bertz CT molecular complexity index is 342. The molecule has 0 bridgehead atoms. The molecular formula is C15H24N2O. The highest BCUT2D eigenvalue weighted by molar-refractivity contribution is 5.21. The lowest BCUT2D eigenvalue weighted by Gasteiger charge is -2.32. The molecule has 0 saturated carbocycles. The van der Waals surface area contributed by atoms with Gasteiger partial charge in [0.25, 0.3) is 0 Å². The van der Waals surface area contributed by atoms with E-state index in [1.54, 1.807) is 0 Å². The standard InChI is InChI=1S/C15H24N2O/c1-2-16-15-7-9-17(10-8-15)11-13-3-5-14(12-18)6-4-13/h3-6,15-16,18H,2,7-12H2,1H3. The summed E-state index contributed by atoms with van der Waals surface area (Å²) in [5.74, 6) is 0. The predicted molar refractivity (Wildman–Crippen MR) is 74.3 cm³/mol. The largest absolute Gasteiger partial charge is 0.392 e. The van der Waals surface area contributed by atoms with Crippen molar-refractivity contribution < 1.29 is 5.11 Å². The smallest absolute Gasteiger partial charge is 0.0681 e. The van der Waals surface area contributed by atoms with Gasteiger partial charge in [0, 0.05) is 12.6 Å². The molecule has 1 aromatic carbocycles. The van der Waals surface area contributed by atoms with Crippen LogP contribution in [0, 0.1) is 0 Å². The third kappa shape index (κ3) is 3.80. The van der Waals surface area contributed by atoms with Gasteiger partial charge < -0.3 is 10.4 Å². The number of aliphatic hydroxyl groups excluding tert-OH is 1. The fourth-order valence-electron chi connectivity index (χ4n) is 2.59. The van der Waals surface area contributed by atoms with Crippen LogP contribution in [0.4, 0.5) is 0 Å². The van der Waals surface area contributed by atoms with E-state index in [0.717, 1.165) is 18.7 Å². The maximum absolute atomic E-state index is 9.01. The second-order valence-electron chi connectivity index (χ2n) is 5.08. The summed E-state index contributed by atoms with van der Waals surface area (Å²) in [6.45, 7) is 6.78. The summed E-state index contributed by atoms with van der Waals surface area (Å²) in [6.07, 6.45) is 2.51. The summed E-state index contributed by atoms with van der Waals surface area (Å²) in [6, 6.07) is 8.99. The molecule has 0 spiro atoms. The van der Waals surface area contributed by atoms with E-state index in [4.69, 9.17) is 5.11 Å². The van der Waals surface area contributed by atoms with Gasteiger partial charge in [0.1, 0.15) is 0 Å². The van der Waals surface area contributed by atoms with E-state index in [0.29, 0.717) is 6.04 Å². The summed E-state index contributed by atoms with van der Waals surface area (Å²) in [5.41, 5.74) is 2.33. The highest BCUT2D eigenvalue weighted by atomic mass is 16.3. The first-order chi connectivity index (χ1) is 8.81. The molecule has 0 unspecified atom stereocenters. The molecule has 0 amide bonds. The highest BCUT2D eigenvalue weighted by Gasteiger charge is 2.17. The van der Waals surface area contributed by atoms with Crippen molar-refractivity contribution in [2.24, 2.45) is 0 Å². The molecular weight excluding hydrogens is 224 g/mol. The van der Waals surface area contributed by atoms with Crippen molar-refractivity contribution in [2.75, 3.05) is 19.6 Å². The third-order valence-electron chi connectivity index (χ3n) is 3.69. The van der Waals surface area contributed by atoms with Crippen LogP contribution >= 0.6 is 0 Å². The Hall–Kier alpha value is -0.900. The van der Waals surface area contributed by atoms with Crippen molar-refractivity contribution >= 4 is 0 Å². The minimum atomic E-state index is 0.133. The molecule has 1 aliphatic rings. The molecule has 2 N–H and O–H groups in total. The number of hydrogen-bond donors (Lipinski definition) is 2.